The summed E-state index contributed by atoms with van der Waals surface area (Å²) in [6, 6.07) is 16.4. The molecule has 1 amide bonds. The van der Waals surface area contributed by atoms with Crippen molar-refractivity contribution in [2.24, 2.45) is 5.90 Å². The van der Waals surface area contributed by atoms with Crippen LogP contribution in [0, 0.1) is 5.41 Å². The minimum atomic E-state index is -0.368. The highest BCUT2D eigenvalue weighted by Gasteiger charge is 2.16. The number of amides is 1. The van der Waals surface area contributed by atoms with Crippen molar-refractivity contribution in [1.82, 2.24) is 4.98 Å². The summed E-state index contributed by atoms with van der Waals surface area (Å²) >= 11 is 5.80. The maximum Gasteiger partial charge on any atom is 0.257 e. The number of ketones is 1. The molecular weight excluding hydrogens is 392 g/mol. The number of pyridine rings is 1. The van der Waals surface area contributed by atoms with Crippen LogP contribution in [0.1, 0.15) is 31.8 Å². The molecule has 0 aliphatic rings. The minimum Gasteiger partial charge on any atom is -0.391 e. The number of carbonyl (C=O) groups excluding carboxylic acids is 2. The number of hydrogen-bond acceptors (Lipinski definition) is 6. The highest BCUT2D eigenvalue weighted by Crippen LogP contribution is 2.16. The van der Waals surface area contributed by atoms with E-state index in [-0.39, 0.29) is 24.0 Å². The highest BCUT2D eigenvalue weighted by atomic mass is 35.5. The van der Waals surface area contributed by atoms with Gasteiger partial charge in [-0.3, -0.25) is 15.0 Å². The van der Waals surface area contributed by atoms with Gasteiger partial charge in [0.25, 0.3) is 5.91 Å². The van der Waals surface area contributed by atoms with Crippen molar-refractivity contribution in [2.45, 2.75) is 6.42 Å². The molecule has 0 radical (unpaired) electrons. The first-order valence-corrected chi connectivity index (χ1v) is 8.95. The number of anilines is 1. The van der Waals surface area contributed by atoms with E-state index in [0.29, 0.717) is 33.1 Å². The molecular formula is C21H17ClN4O3. The molecule has 0 bridgehead atoms. The van der Waals surface area contributed by atoms with Crippen LogP contribution in [0.2, 0.25) is 5.02 Å². The summed E-state index contributed by atoms with van der Waals surface area (Å²) in [7, 11) is 0. The fourth-order valence-corrected chi connectivity index (χ4v) is 2.79. The molecule has 29 heavy (non-hydrogen) atoms. The molecule has 4 N–H and O–H groups in total. The van der Waals surface area contributed by atoms with Crippen LogP contribution in [0.4, 0.5) is 5.82 Å². The van der Waals surface area contributed by atoms with Crippen LogP contribution in [0.25, 0.3) is 0 Å². The molecule has 1 aromatic heterocycles. The van der Waals surface area contributed by atoms with Gasteiger partial charge in [0.2, 0.25) is 5.90 Å². The molecule has 7 nitrogen and oxygen atoms in total. The van der Waals surface area contributed by atoms with Crippen LogP contribution in [0.5, 0.6) is 0 Å². The summed E-state index contributed by atoms with van der Waals surface area (Å²) in [6.07, 6.45) is 1.48. The van der Waals surface area contributed by atoms with Crippen molar-refractivity contribution < 1.29 is 14.4 Å². The molecule has 0 aliphatic carbocycles. The molecule has 8 heteroatoms. The third-order valence-electron chi connectivity index (χ3n) is 4.17. The maximum absolute atomic E-state index is 12.7. The lowest BCUT2D eigenvalue weighted by Crippen LogP contribution is -2.16. The molecule has 2 aromatic carbocycles. The third kappa shape index (κ3) is 5.04. The van der Waals surface area contributed by atoms with Gasteiger partial charge in [0, 0.05) is 29.3 Å². The van der Waals surface area contributed by atoms with E-state index in [1.807, 2.05) is 0 Å². The highest BCUT2D eigenvalue weighted by molar-refractivity contribution is 6.30. The summed E-state index contributed by atoms with van der Waals surface area (Å²) in [5.41, 5.74) is 1.88. The molecule has 0 saturated heterocycles. The fourth-order valence-electron chi connectivity index (χ4n) is 2.68. The lowest BCUT2D eigenvalue weighted by molar-refractivity contribution is 0.0992. The van der Waals surface area contributed by atoms with Crippen LogP contribution >= 0.6 is 11.6 Å². The quantitative estimate of drug-likeness (QED) is 0.249. The van der Waals surface area contributed by atoms with Crippen LogP contribution in [0.15, 0.2) is 66.9 Å². The molecule has 0 spiro atoms. The third-order valence-corrected chi connectivity index (χ3v) is 4.39. The van der Waals surface area contributed by atoms with Crippen molar-refractivity contribution in [2.75, 3.05) is 5.32 Å². The van der Waals surface area contributed by atoms with Gasteiger partial charge in [-0.2, -0.15) is 5.90 Å². The first-order valence-electron chi connectivity index (χ1n) is 8.57. The number of hydrogen-bond donors (Lipinski definition) is 3. The summed E-state index contributed by atoms with van der Waals surface area (Å²) < 4.78 is 0. The zero-order valence-corrected chi connectivity index (χ0v) is 15.9. The number of Topliss-reactive ketones (excluding diaryl/α,β-unsaturated/α-hetero) is 1. The van der Waals surface area contributed by atoms with Gasteiger partial charge < -0.3 is 10.2 Å². The van der Waals surface area contributed by atoms with Crippen molar-refractivity contribution >= 4 is 35.0 Å². The Morgan fingerprint density at radius 3 is 2.38 bits per heavy atom. The summed E-state index contributed by atoms with van der Waals surface area (Å²) in [6.45, 7) is 0. The van der Waals surface area contributed by atoms with Gasteiger partial charge in [-0.25, -0.2) is 4.98 Å². The number of benzene rings is 2. The second-order valence-electron chi connectivity index (χ2n) is 6.10. The summed E-state index contributed by atoms with van der Waals surface area (Å²) in [4.78, 5) is 33.7. The molecule has 0 unspecified atom stereocenters. The van der Waals surface area contributed by atoms with Crippen molar-refractivity contribution in [3.05, 3.63) is 94.1 Å². The number of nitrogens with one attached hydrogen (secondary N) is 2. The lowest BCUT2D eigenvalue weighted by atomic mass is 9.97. The van der Waals surface area contributed by atoms with E-state index < -0.39 is 0 Å². The standard InChI is InChI=1S/C21H17ClN4O3/c22-16-9-10-19(25-12-16)26-21(28)17-4-2-1-3-15(17)11-18(27)13-5-7-14(8-6-13)20(23)29-24/h1-10,12,23H,11,24H2,(H,25,26,28). The largest absolute Gasteiger partial charge is 0.391 e. The Bertz CT molecular complexity index is 1050. The van der Waals surface area contributed by atoms with Crippen LogP contribution in [-0.2, 0) is 11.3 Å². The molecule has 3 aromatic rings. The molecule has 0 saturated carbocycles. The molecule has 0 aliphatic heterocycles. The van der Waals surface area contributed by atoms with Gasteiger partial charge in [-0.1, -0.05) is 41.9 Å². The smallest absolute Gasteiger partial charge is 0.257 e. The van der Waals surface area contributed by atoms with Crippen LogP contribution in [-0.4, -0.2) is 22.6 Å². The number of rotatable bonds is 6. The van der Waals surface area contributed by atoms with E-state index in [1.54, 1.807) is 60.7 Å². The summed E-state index contributed by atoms with van der Waals surface area (Å²) in [5, 5.41) is 10.7. The number of halogens is 1. The molecule has 1 heterocycles. The van der Waals surface area contributed by atoms with E-state index in [2.05, 4.69) is 15.1 Å². The Kier molecular flexibility index (Phi) is 6.33. The van der Waals surface area contributed by atoms with Crippen LogP contribution in [0.3, 0.4) is 0 Å². The zero-order valence-electron chi connectivity index (χ0n) is 15.2. The van der Waals surface area contributed by atoms with Crippen LogP contribution < -0.4 is 11.2 Å². The van der Waals surface area contributed by atoms with E-state index in [1.165, 1.54) is 6.20 Å². The van der Waals surface area contributed by atoms with E-state index in [0.717, 1.165) is 0 Å². The number of aromatic nitrogens is 1. The van der Waals surface area contributed by atoms with Gasteiger partial charge in [-0.05, 0) is 35.9 Å². The Labute approximate surface area is 171 Å². The SMILES string of the molecule is N=C(ON)c1ccc(C(=O)Cc2ccccc2C(=O)Nc2ccc(Cl)cn2)cc1. The van der Waals surface area contributed by atoms with Crippen molar-refractivity contribution in [3.63, 3.8) is 0 Å². The second kappa shape index (κ2) is 9.09. The number of carbonyl (C=O) groups is 2. The van der Waals surface area contributed by atoms with Gasteiger partial charge >= 0.3 is 0 Å². The van der Waals surface area contributed by atoms with E-state index >= 15 is 0 Å². The van der Waals surface area contributed by atoms with Gasteiger partial charge in [-0.15, -0.1) is 0 Å². The van der Waals surface area contributed by atoms with Gasteiger partial charge in [0.1, 0.15) is 5.82 Å². The first-order chi connectivity index (χ1) is 14.0. The minimum absolute atomic E-state index is 0.0435. The Balaban J connectivity index is 1.76. The average molecular weight is 409 g/mol. The molecule has 0 fully saturated rings. The fraction of sp³-hybridized carbons (Fsp3) is 0.0476. The Morgan fingerprint density at radius 2 is 1.72 bits per heavy atom. The Hall–Kier alpha value is -3.55. The predicted octanol–water partition coefficient (Wildman–Crippen LogP) is 3.63. The lowest BCUT2D eigenvalue weighted by Gasteiger charge is -2.10. The maximum atomic E-state index is 12.7. The molecule has 146 valence electrons. The van der Waals surface area contributed by atoms with Crippen molar-refractivity contribution in [1.29, 1.82) is 5.41 Å². The zero-order chi connectivity index (χ0) is 20.8. The predicted molar refractivity (Wildman–Crippen MR) is 110 cm³/mol. The normalized spacial score (nSPS) is 10.3. The second-order valence-corrected chi connectivity index (χ2v) is 6.53. The van der Waals surface area contributed by atoms with Gasteiger partial charge in [0.05, 0.1) is 5.02 Å². The molecule has 3 rings (SSSR count). The number of nitrogens with zero attached hydrogens (tertiary/aromatic N) is 1. The van der Waals surface area contributed by atoms with Gasteiger partial charge in [0.15, 0.2) is 5.78 Å². The number of nitrogens with two attached hydrogens (primary N) is 1. The topological polar surface area (TPSA) is 118 Å². The average Bonchev–Trinajstić information content (AvgIpc) is 2.75. The first kappa shape index (κ1) is 20.2. The molecule has 0 atom stereocenters. The van der Waals surface area contributed by atoms with E-state index in [9.17, 15) is 9.59 Å². The monoisotopic (exact) mass is 408 g/mol. The summed E-state index contributed by atoms with van der Waals surface area (Å²) in [5.74, 6) is 4.61. The Morgan fingerprint density at radius 1 is 1.03 bits per heavy atom. The van der Waals surface area contributed by atoms with Crippen molar-refractivity contribution in [3.8, 4) is 0 Å². The van der Waals surface area contributed by atoms with E-state index in [4.69, 9.17) is 22.9 Å².